The Balaban J connectivity index is 1.92. The van der Waals surface area contributed by atoms with E-state index >= 15 is 0 Å². The Labute approximate surface area is 174 Å². The molecule has 1 fully saturated rings. The monoisotopic (exact) mass is 417 g/mol. The summed E-state index contributed by atoms with van der Waals surface area (Å²) >= 11 is 0. The van der Waals surface area contributed by atoms with E-state index in [2.05, 4.69) is 4.90 Å². The molecule has 1 saturated carbocycles. The van der Waals surface area contributed by atoms with Gasteiger partial charge in [-0.25, -0.2) is 4.79 Å². The SMILES string of the molecule is CN(C)CC1CC/C(=C/c2cccc(C(=O)O)c2)CC1c1cccc(C(F)(F)F)c1. The molecule has 0 amide bonds. The van der Waals surface area contributed by atoms with Gasteiger partial charge in [-0.15, -0.1) is 0 Å². The number of carboxylic acid groups (broad SMARTS) is 1. The highest BCUT2D eigenvalue weighted by atomic mass is 19.4. The molecular formula is C24H26F3NO2. The molecule has 2 aromatic rings. The van der Waals surface area contributed by atoms with Gasteiger partial charge in [0.25, 0.3) is 0 Å². The molecule has 3 rings (SSSR count). The van der Waals surface area contributed by atoms with Crippen molar-refractivity contribution in [2.45, 2.75) is 31.4 Å². The quantitative estimate of drug-likeness (QED) is 0.655. The summed E-state index contributed by atoms with van der Waals surface area (Å²) in [6, 6.07) is 12.4. The lowest BCUT2D eigenvalue weighted by Crippen LogP contribution is -2.29. The van der Waals surface area contributed by atoms with Crippen molar-refractivity contribution in [1.29, 1.82) is 0 Å². The summed E-state index contributed by atoms with van der Waals surface area (Å²) in [4.78, 5) is 13.3. The molecule has 0 bridgehead atoms. The van der Waals surface area contributed by atoms with Crippen LogP contribution in [0.4, 0.5) is 13.2 Å². The number of aromatic carboxylic acids is 1. The molecule has 6 heteroatoms. The summed E-state index contributed by atoms with van der Waals surface area (Å²) in [6.45, 7) is 0.808. The van der Waals surface area contributed by atoms with E-state index in [-0.39, 0.29) is 17.4 Å². The third-order valence-corrected chi connectivity index (χ3v) is 5.63. The molecule has 0 saturated heterocycles. The molecule has 0 heterocycles. The number of nitrogens with zero attached hydrogens (tertiary/aromatic N) is 1. The predicted octanol–water partition coefficient (Wildman–Crippen LogP) is 5.93. The largest absolute Gasteiger partial charge is 0.478 e. The van der Waals surface area contributed by atoms with Gasteiger partial charge in [-0.05, 0) is 74.5 Å². The second-order valence-electron chi connectivity index (χ2n) is 8.23. The van der Waals surface area contributed by atoms with Gasteiger partial charge in [-0.2, -0.15) is 13.2 Å². The van der Waals surface area contributed by atoms with Gasteiger partial charge in [0, 0.05) is 6.54 Å². The zero-order valence-electron chi connectivity index (χ0n) is 17.1. The third kappa shape index (κ3) is 5.51. The lowest BCUT2D eigenvalue weighted by Gasteiger charge is -2.35. The fraction of sp³-hybridized carbons (Fsp3) is 0.375. The number of halogens is 3. The van der Waals surface area contributed by atoms with Gasteiger partial charge in [0.15, 0.2) is 0 Å². The summed E-state index contributed by atoms with van der Waals surface area (Å²) in [5.74, 6) is -0.741. The number of carbonyl (C=O) groups is 1. The zero-order valence-corrected chi connectivity index (χ0v) is 17.1. The van der Waals surface area contributed by atoms with Crippen LogP contribution in [0.15, 0.2) is 54.1 Å². The van der Waals surface area contributed by atoms with Gasteiger partial charge in [-0.1, -0.05) is 42.0 Å². The summed E-state index contributed by atoms with van der Waals surface area (Å²) in [5, 5.41) is 9.20. The molecule has 1 aliphatic rings. The average Bonchev–Trinajstić information content (AvgIpc) is 2.68. The lowest BCUT2D eigenvalue weighted by molar-refractivity contribution is -0.137. The maximum atomic E-state index is 13.2. The Hall–Kier alpha value is -2.60. The Kier molecular flexibility index (Phi) is 6.66. The van der Waals surface area contributed by atoms with Crippen molar-refractivity contribution >= 4 is 12.0 Å². The van der Waals surface area contributed by atoms with Crippen LogP contribution in [0.1, 0.15) is 52.2 Å². The normalized spacial score (nSPS) is 21.2. The number of alkyl halides is 3. The standard InChI is InChI=1S/C24H26F3NO2/c1-28(2)15-20-10-9-17(11-16-5-3-7-19(12-16)23(29)30)13-22(20)18-6-4-8-21(14-18)24(25,26)27/h3-8,11-12,14,20,22H,9-10,13,15H2,1-2H3,(H,29,30)/b17-11-. The maximum absolute atomic E-state index is 13.2. The topological polar surface area (TPSA) is 40.5 Å². The minimum absolute atomic E-state index is 0.0163. The van der Waals surface area contributed by atoms with E-state index in [1.807, 2.05) is 26.2 Å². The van der Waals surface area contributed by atoms with Crippen LogP contribution in [0.25, 0.3) is 6.08 Å². The molecule has 0 radical (unpaired) electrons. The van der Waals surface area contributed by atoms with Crippen LogP contribution in [0.2, 0.25) is 0 Å². The van der Waals surface area contributed by atoms with Crippen LogP contribution < -0.4 is 0 Å². The Morgan fingerprint density at radius 1 is 1.17 bits per heavy atom. The number of carboxylic acids is 1. The predicted molar refractivity (Wildman–Crippen MR) is 111 cm³/mol. The first kappa shape index (κ1) is 22.1. The van der Waals surface area contributed by atoms with E-state index in [4.69, 9.17) is 0 Å². The van der Waals surface area contributed by atoms with Crippen molar-refractivity contribution in [2.24, 2.45) is 5.92 Å². The number of rotatable bonds is 5. The minimum Gasteiger partial charge on any atom is -0.478 e. The first-order chi connectivity index (χ1) is 14.1. The highest BCUT2D eigenvalue weighted by Gasteiger charge is 2.33. The highest BCUT2D eigenvalue weighted by molar-refractivity contribution is 5.88. The van der Waals surface area contributed by atoms with Crippen LogP contribution in [0.5, 0.6) is 0 Å². The molecule has 1 aliphatic carbocycles. The fourth-order valence-corrected chi connectivity index (χ4v) is 4.27. The maximum Gasteiger partial charge on any atom is 0.416 e. The van der Waals surface area contributed by atoms with Crippen LogP contribution >= 0.6 is 0 Å². The van der Waals surface area contributed by atoms with Crippen LogP contribution in [-0.2, 0) is 6.18 Å². The van der Waals surface area contributed by atoms with Gasteiger partial charge < -0.3 is 10.0 Å². The van der Waals surface area contributed by atoms with Gasteiger partial charge in [-0.3, -0.25) is 0 Å². The lowest BCUT2D eigenvalue weighted by atomic mass is 9.72. The summed E-state index contributed by atoms with van der Waals surface area (Å²) in [7, 11) is 3.96. The summed E-state index contributed by atoms with van der Waals surface area (Å²) < 4.78 is 39.7. The molecule has 2 aromatic carbocycles. The Morgan fingerprint density at radius 2 is 1.90 bits per heavy atom. The number of hydrogen-bond donors (Lipinski definition) is 1. The molecule has 0 aliphatic heterocycles. The van der Waals surface area contributed by atoms with E-state index in [1.54, 1.807) is 24.3 Å². The molecule has 0 aromatic heterocycles. The molecule has 30 heavy (non-hydrogen) atoms. The summed E-state index contributed by atoms with van der Waals surface area (Å²) in [6.07, 6.45) is 0.0164. The average molecular weight is 417 g/mol. The van der Waals surface area contributed by atoms with Gasteiger partial charge >= 0.3 is 12.1 Å². The Morgan fingerprint density at radius 3 is 2.57 bits per heavy atom. The summed E-state index contributed by atoms with van der Waals surface area (Å²) in [5.41, 5.74) is 2.25. The number of hydrogen-bond acceptors (Lipinski definition) is 2. The van der Waals surface area contributed by atoms with Crippen LogP contribution in [0, 0.1) is 5.92 Å². The van der Waals surface area contributed by atoms with Crippen molar-refractivity contribution in [3.05, 3.63) is 76.4 Å². The van der Waals surface area contributed by atoms with Crippen LogP contribution in [-0.4, -0.2) is 36.6 Å². The van der Waals surface area contributed by atoms with Gasteiger partial charge in [0.1, 0.15) is 0 Å². The van der Waals surface area contributed by atoms with Crippen LogP contribution in [0.3, 0.4) is 0 Å². The first-order valence-corrected chi connectivity index (χ1v) is 9.98. The van der Waals surface area contributed by atoms with E-state index in [0.717, 1.165) is 36.6 Å². The zero-order chi connectivity index (χ0) is 21.9. The van der Waals surface area contributed by atoms with E-state index in [1.165, 1.54) is 12.1 Å². The third-order valence-electron chi connectivity index (χ3n) is 5.63. The number of benzene rings is 2. The second-order valence-corrected chi connectivity index (χ2v) is 8.23. The van der Waals surface area contributed by atoms with Crippen molar-refractivity contribution in [3.8, 4) is 0 Å². The Bertz CT molecular complexity index is 934. The van der Waals surface area contributed by atoms with Crippen molar-refractivity contribution in [1.82, 2.24) is 4.90 Å². The second kappa shape index (κ2) is 9.04. The highest BCUT2D eigenvalue weighted by Crippen LogP contribution is 2.42. The molecule has 2 atom stereocenters. The molecule has 0 spiro atoms. The number of allylic oxidation sites excluding steroid dienone is 1. The molecular weight excluding hydrogens is 391 g/mol. The van der Waals surface area contributed by atoms with Crippen molar-refractivity contribution in [3.63, 3.8) is 0 Å². The van der Waals surface area contributed by atoms with E-state index in [0.29, 0.717) is 12.0 Å². The molecule has 1 N–H and O–H groups in total. The fourth-order valence-electron chi connectivity index (χ4n) is 4.27. The molecule has 2 unspecified atom stereocenters. The van der Waals surface area contributed by atoms with Crippen molar-refractivity contribution < 1.29 is 23.1 Å². The minimum atomic E-state index is -4.36. The van der Waals surface area contributed by atoms with Crippen molar-refractivity contribution in [2.75, 3.05) is 20.6 Å². The van der Waals surface area contributed by atoms with Gasteiger partial charge in [0.2, 0.25) is 0 Å². The van der Waals surface area contributed by atoms with E-state index in [9.17, 15) is 23.1 Å². The molecule has 3 nitrogen and oxygen atoms in total. The smallest absolute Gasteiger partial charge is 0.416 e. The molecule has 160 valence electrons. The van der Waals surface area contributed by atoms with Gasteiger partial charge in [0.05, 0.1) is 11.1 Å². The first-order valence-electron chi connectivity index (χ1n) is 9.98. The van der Waals surface area contributed by atoms with E-state index < -0.39 is 17.7 Å².